The molecule has 1 amide bonds. The van der Waals surface area contributed by atoms with Crippen LogP contribution in [-0.2, 0) is 17.0 Å². The summed E-state index contributed by atoms with van der Waals surface area (Å²) in [6.07, 6.45) is 1.79. The number of benzene rings is 1. The zero-order valence-corrected chi connectivity index (χ0v) is 20.3. The molecule has 3 heterocycles. The maximum absolute atomic E-state index is 13.4. The summed E-state index contributed by atoms with van der Waals surface area (Å²) in [7, 11) is 0. The lowest BCUT2D eigenvalue weighted by atomic mass is 10.0. The van der Waals surface area contributed by atoms with Gasteiger partial charge in [0.15, 0.2) is 11.6 Å². The summed E-state index contributed by atoms with van der Waals surface area (Å²) in [6.45, 7) is 5.97. The van der Waals surface area contributed by atoms with Crippen LogP contribution in [0.2, 0.25) is 0 Å². The van der Waals surface area contributed by atoms with E-state index in [1.807, 2.05) is 11.8 Å². The van der Waals surface area contributed by atoms with Crippen LogP contribution < -0.4 is 10.6 Å². The van der Waals surface area contributed by atoms with Crippen molar-refractivity contribution in [3.63, 3.8) is 0 Å². The quantitative estimate of drug-likeness (QED) is 0.684. The van der Waals surface area contributed by atoms with E-state index in [1.165, 1.54) is 11.6 Å². The van der Waals surface area contributed by atoms with Crippen LogP contribution in [0.4, 0.5) is 14.6 Å². The molecule has 0 spiro atoms. The highest BCUT2D eigenvalue weighted by Gasteiger charge is 2.34. The molecule has 2 aliphatic heterocycles. The number of carbonyl (C=O) groups excluding carboxylic acids is 1. The maximum Gasteiger partial charge on any atom is 0.239 e. The molecule has 11 heteroatoms. The number of halogens is 4. The van der Waals surface area contributed by atoms with Gasteiger partial charge >= 0.3 is 0 Å². The smallest absolute Gasteiger partial charge is 0.239 e. The van der Waals surface area contributed by atoms with Crippen LogP contribution >= 0.6 is 36.6 Å². The number of fused-ring (bicyclic) bond motifs is 1. The van der Waals surface area contributed by atoms with Gasteiger partial charge in [0.1, 0.15) is 12.1 Å². The molecule has 32 heavy (non-hydrogen) atoms. The fourth-order valence-electron chi connectivity index (χ4n) is 4.18. The number of rotatable bonds is 4. The topological polar surface area (TPSA) is 75.4 Å². The minimum Gasteiger partial charge on any atom is -0.350 e. The SMILES string of the molecule is CC1SCc2ncnc(N3CCN(C(=O)C(N)Cc4ccc(F)c(F)c4)CC3C)c21.Cl.Cl. The van der Waals surface area contributed by atoms with Gasteiger partial charge in [0.25, 0.3) is 0 Å². The molecule has 4 rings (SSSR count). The molecule has 1 aromatic heterocycles. The second-order valence-electron chi connectivity index (χ2n) is 7.90. The predicted molar refractivity (Wildman–Crippen MR) is 128 cm³/mol. The third-order valence-corrected chi connectivity index (χ3v) is 6.97. The van der Waals surface area contributed by atoms with Crippen molar-refractivity contribution in [1.29, 1.82) is 0 Å². The summed E-state index contributed by atoms with van der Waals surface area (Å²) >= 11 is 1.86. The Morgan fingerprint density at radius 2 is 1.97 bits per heavy atom. The van der Waals surface area contributed by atoms with E-state index in [2.05, 4.69) is 28.7 Å². The Bertz CT molecular complexity index is 970. The van der Waals surface area contributed by atoms with Gasteiger partial charge in [0, 0.05) is 42.2 Å². The summed E-state index contributed by atoms with van der Waals surface area (Å²) < 4.78 is 26.6. The highest BCUT2D eigenvalue weighted by molar-refractivity contribution is 7.99. The van der Waals surface area contributed by atoms with Gasteiger partial charge in [-0.25, -0.2) is 18.7 Å². The van der Waals surface area contributed by atoms with E-state index >= 15 is 0 Å². The Balaban J connectivity index is 0.00000181. The highest BCUT2D eigenvalue weighted by Crippen LogP contribution is 2.44. The Morgan fingerprint density at radius 3 is 2.66 bits per heavy atom. The lowest BCUT2D eigenvalue weighted by Gasteiger charge is -2.42. The average Bonchev–Trinajstić information content (AvgIpc) is 3.11. The molecule has 6 nitrogen and oxygen atoms in total. The van der Waals surface area contributed by atoms with Gasteiger partial charge in [0.05, 0.1) is 11.7 Å². The second-order valence-corrected chi connectivity index (χ2v) is 9.23. The third kappa shape index (κ3) is 5.27. The van der Waals surface area contributed by atoms with E-state index in [1.54, 1.807) is 11.2 Å². The van der Waals surface area contributed by atoms with Crippen molar-refractivity contribution in [3.05, 3.63) is 53.0 Å². The first-order valence-electron chi connectivity index (χ1n) is 10.1. The largest absolute Gasteiger partial charge is 0.350 e. The van der Waals surface area contributed by atoms with Crippen LogP contribution in [0.15, 0.2) is 24.5 Å². The maximum atomic E-state index is 13.4. The fraction of sp³-hybridized carbons (Fsp3) is 0.476. The molecule has 0 bridgehead atoms. The number of anilines is 1. The molecular weight excluding hydrogens is 479 g/mol. The number of nitrogens with two attached hydrogens (primary N) is 1. The molecule has 176 valence electrons. The number of piperazine rings is 1. The summed E-state index contributed by atoms with van der Waals surface area (Å²) in [5, 5.41) is 0.354. The van der Waals surface area contributed by atoms with Gasteiger partial charge in [-0.3, -0.25) is 4.79 Å². The van der Waals surface area contributed by atoms with Crippen LogP contribution in [0, 0.1) is 11.6 Å². The standard InChI is InChI=1S/C21H25F2N5OS.2ClH/c1-12-9-27(21(29)17(24)8-14-3-4-15(22)16(23)7-14)5-6-28(12)20-19-13(2)30-10-18(19)25-11-26-20;;/h3-4,7,11-13,17H,5-6,8-10,24H2,1-2H3;2*1H. The molecule has 0 saturated carbocycles. The van der Waals surface area contributed by atoms with E-state index < -0.39 is 17.7 Å². The first kappa shape index (κ1) is 26.6. The van der Waals surface area contributed by atoms with E-state index in [4.69, 9.17) is 5.73 Å². The fourth-order valence-corrected chi connectivity index (χ4v) is 5.23. The molecule has 3 unspecified atom stereocenters. The number of hydrogen-bond acceptors (Lipinski definition) is 6. The molecule has 1 saturated heterocycles. The van der Waals surface area contributed by atoms with Gasteiger partial charge in [0.2, 0.25) is 5.91 Å². The predicted octanol–water partition coefficient (Wildman–Crippen LogP) is 3.51. The van der Waals surface area contributed by atoms with Crippen molar-refractivity contribution in [2.45, 2.75) is 43.4 Å². The van der Waals surface area contributed by atoms with E-state index in [0.29, 0.717) is 30.4 Å². The molecule has 2 aromatic rings. The van der Waals surface area contributed by atoms with Crippen LogP contribution in [0.25, 0.3) is 0 Å². The summed E-state index contributed by atoms with van der Waals surface area (Å²) in [5.41, 5.74) is 8.90. The monoisotopic (exact) mass is 505 g/mol. The van der Waals surface area contributed by atoms with Gasteiger partial charge in [-0.1, -0.05) is 6.07 Å². The summed E-state index contributed by atoms with van der Waals surface area (Å²) in [5.74, 6) is -0.157. The average molecular weight is 506 g/mol. The van der Waals surface area contributed by atoms with Gasteiger partial charge < -0.3 is 15.5 Å². The lowest BCUT2D eigenvalue weighted by molar-refractivity contribution is -0.133. The van der Waals surface area contributed by atoms with Gasteiger partial charge in [-0.2, -0.15) is 0 Å². The first-order valence-corrected chi connectivity index (χ1v) is 11.1. The van der Waals surface area contributed by atoms with Crippen molar-refractivity contribution in [2.75, 3.05) is 24.5 Å². The summed E-state index contributed by atoms with van der Waals surface area (Å²) in [6, 6.07) is 2.89. The number of amides is 1. The van der Waals surface area contributed by atoms with Crippen LogP contribution in [0.1, 0.15) is 35.9 Å². The van der Waals surface area contributed by atoms with Crippen LogP contribution in [0.5, 0.6) is 0 Å². The Hall–Kier alpha value is -1.68. The highest BCUT2D eigenvalue weighted by atomic mass is 35.5. The number of thioether (sulfide) groups is 1. The molecule has 2 aliphatic rings. The van der Waals surface area contributed by atoms with Crippen molar-refractivity contribution in [2.24, 2.45) is 5.73 Å². The molecule has 0 aliphatic carbocycles. The third-order valence-electron chi connectivity index (χ3n) is 5.79. The van der Waals surface area contributed by atoms with Gasteiger partial charge in [-0.05, 0) is 38.0 Å². The van der Waals surface area contributed by atoms with E-state index in [-0.39, 0.29) is 43.2 Å². The van der Waals surface area contributed by atoms with E-state index in [0.717, 1.165) is 29.4 Å². The lowest BCUT2D eigenvalue weighted by Crippen LogP contribution is -2.57. The molecular formula is C21H27Cl2F2N5OS. The first-order chi connectivity index (χ1) is 14.3. The van der Waals surface area contributed by atoms with Crippen molar-refractivity contribution < 1.29 is 13.6 Å². The molecule has 2 N–H and O–H groups in total. The number of hydrogen-bond donors (Lipinski definition) is 1. The minimum atomic E-state index is -0.931. The number of aromatic nitrogens is 2. The Morgan fingerprint density at radius 1 is 1.22 bits per heavy atom. The zero-order chi connectivity index (χ0) is 21.4. The molecule has 1 aromatic carbocycles. The molecule has 0 radical (unpaired) electrons. The van der Waals surface area contributed by atoms with Crippen molar-refractivity contribution >= 4 is 48.3 Å². The van der Waals surface area contributed by atoms with E-state index in [9.17, 15) is 13.6 Å². The second kappa shape index (κ2) is 11.0. The zero-order valence-electron chi connectivity index (χ0n) is 17.8. The Labute approximate surface area is 203 Å². The molecule has 1 fully saturated rings. The minimum absolute atomic E-state index is 0. The molecule has 3 atom stereocenters. The van der Waals surface area contributed by atoms with Crippen molar-refractivity contribution in [3.8, 4) is 0 Å². The van der Waals surface area contributed by atoms with Gasteiger partial charge in [-0.15, -0.1) is 36.6 Å². The number of nitrogens with zero attached hydrogens (tertiary/aromatic N) is 4. The van der Waals surface area contributed by atoms with Crippen LogP contribution in [-0.4, -0.2) is 52.5 Å². The summed E-state index contributed by atoms with van der Waals surface area (Å²) in [4.78, 5) is 25.8. The van der Waals surface area contributed by atoms with Crippen LogP contribution in [0.3, 0.4) is 0 Å². The normalized spacial score (nSPS) is 20.8. The number of carbonyl (C=O) groups is 1. The van der Waals surface area contributed by atoms with Crippen molar-refractivity contribution in [1.82, 2.24) is 14.9 Å². The Kier molecular flexibility index (Phi) is 9.10.